The van der Waals surface area contributed by atoms with Gasteiger partial charge in [0.15, 0.2) is 0 Å². The fraction of sp³-hybridized carbons (Fsp3) is 0.562. The Bertz CT molecular complexity index is 474. The molecule has 4 heteroatoms. The number of nitrogens with zero attached hydrogens (tertiary/aromatic N) is 1. The Kier molecular flexibility index (Phi) is 5.01. The minimum Gasteiger partial charge on any atom is -0.391 e. The number of nitrogens with one attached hydrogen (secondary N) is 1. The number of rotatable bonds is 4. The number of hydrogen-bond acceptors (Lipinski definition) is 3. The Balaban J connectivity index is 2.08. The lowest BCUT2D eigenvalue weighted by Crippen LogP contribution is -2.42. The molecule has 1 heterocycles. The van der Waals surface area contributed by atoms with Crippen molar-refractivity contribution >= 4 is 11.6 Å². The Morgan fingerprint density at radius 3 is 2.95 bits per heavy atom. The predicted molar refractivity (Wildman–Crippen MR) is 81.1 cm³/mol. The van der Waals surface area contributed by atoms with Crippen molar-refractivity contribution in [2.75, 3.05) is 25.0 Å². The molecular formula is C16H24N2O2. The highest BCUT2D eigenvalue weighted by Crippen LogP contribution is 2.19. The van der Waals surface area contributed by atoms with Crippen LogP contribution in [0.15, 0.2) is 18.2 Å². The van der Waals surface area contributed by atoms with Crippen LogP contribution in [0.3, 0.4) is 0 Å². The Morgan fingerprint density at radius 1 is 1.50 bits per heavy atom. The van der Waals surface area contributed by atoms with Crippen molar-refractivity contribution in [1.82, 2.24) is 4.90 Å². The molecule has 1 aromatic rings. The number of aliphatic hydroxyl groups is 1. The van der Waals surface area contributed by atoms with E-state index < -0.39 is 0 Å². The number of likely N-dealkylation sites (tertiary alicyclic amines) is 1. The van der Waals surface area contributed by atoms with Gasteiger partial charge in [-0.25, -0.2) is 0 Å². The number of piperidine rings is 1. The monoisotopic (exact) mass is 276 g/mol. The first kappa shape index (κ1) is 14.9. The van der Waals surface area contributed by atoms with E-state index in [0.29, 0.717) is 12.1 Å². The zero-order valence-corrected chi connectivity index (χ0v) is 12.4. The number of carbonyl (C=O) groups excluding carboxylic acids is 1. The molecule has 20 heavy (non-hydrogen) atoms. The van der Waals surface area contributed by atoms with E-state index in [1.807, 2.05) is 25.1 Å². The van der Waals surface area contributed by atoms with Crippen LogP contribution < -0.4 is 5.32 Å². The molecule has 2 N–H and O–H groups in total. The molecule has 110 valence electrons. The number of aryl methyl sites for hydroxylation is 1. The first-order chi connectivity index (χ1) is 9.61. The quantitative estimate of drug-likeness (QED) is 0.888. The van der Waals surface area contributed by atoms with Gasteiger partial charge in [0.05, 0.1) is 6.10 Å². The minimum absolute atomic E-state index is 0.0221. The van der Waals surface area contributed by atoms with Crippen LogP contribution in [0, 0.1) is 6.92 Å². The number of anilines is 1. The maximum atomic E-state index is 12.4. The van der Waals surface area contributed by atoms with Crippen LogP contribution in [0.25, 0.3) is 0 Å². The van der Waals surface area contributed by atoms with Crippen LogP contribution in [0.4, 0.5) is 5.69 Å². The number of amides is 1. The molecule has 1 fully saturated rings. The highest BCUT2D eigenvalue weighted by atomic mass is 16.3. The summed E-state index contributed by atoms with van der Waals surface area (Å²) in [5.41, 5.74) is 2.88. The summed E-state index contributed by atoms with van der Waals surface area (Å²) < 4.78 is 0. The van der Waals surface area contributed by atoms with E-state index in [4.69, 9.17) is 0 Å². The second kappa shape index (κ2) is 6.75. The molecule has 2 rings (SSSR count). The van der Waals surface area contributed by atoms with Gasteiger partial charge in [0, 0.05) is 30.9 Å². The van der Waals surface area contributed by atoms with Crippen molar-refractivity contribution in [3.05, 3.63) is 29.3 Å². The summed E-state index contributed by atoms with van der Waals surface area (Å²) in [5.74, 6) is 0.0221. The largest absolute Gasteiger partial charge is 0.391 e. The zero-order valence-electron chi connectivity index (χ0n) is 12.4. The molecular weight excluding hydrogens is 252 g/mol. The van der Waals surface area contributed by atoms with E-state index >= 15 is 0 Å². The Labute approximate surface area is 120 Å². The van der Waals surface area contributed by atoms with Gasteiger partial charge in [0.25, 0.3) is 5.91 Å². The molecule has 0 aromatic heterocycles. The van der Waals surface area contributed by atoms with E-state index in [0.717, 1.165) is 43.6 Å². The second-order valence-corrected chi connectivity index (χ2v) is 5.50. The molecule has 1 aliphatic rings. The molecule has 0 radical (unpaired) electrons. The van der Waals surface area contributed by atoms with Crippen molar-refractivity contribution in [1.29, 1.82) is 0 Å². The standard InChI is InChI=1S/C16H24N2O2/c1-3-8-17-15-7-6-13(10-12(15)2)16(20)18-9-4-5-14(19)11-18/h6-7,10,14,17,19H,3-5,8-9,11H2,1-2H3. The van der Waals surface area contributed by atoms with Crippen molar-refractivity contribution in [2.24, 2.45) is 0 Å². The van der Waals surface area contributed by atoms with Gasteiger partial charge in [0.1, 0.15) is 0 Å². The van der Waals surface area contributed by atoms with Gasteiger partial charge in [-0.05, 0) is 49.9 Å². The minimum atomic E-state index is -0.376. The first-order valence-electron chi connectivity index (χ1n) is 7.43. The third-order valence-corrected chi connectivity index (χ3v) is 3.72. The van der Waals surface area contributed by atoms with Crippen molar-refractivity contribution in [2.45, 2.75) is 39.2 Å². The van der Waals surface area contributed by atoms with Gasteiger partial charge in [-0.1, -0.05) is 6.92 Å². The lowest BCUT2D eigenvalue weighted by atomic mass is 10.0. The van der Waals surface area contributed by atoms with Crippen LogP contribution >= 0.6 is 0 Å². The lowest BCUT2D eigenvalue weighted by Gasteiger charge is -2.30. The van der Waals surface area contributed by atoms with Crippen molar-refractivity contribution < 1.29 is 9.90 Å². The SMILES string of the molecule is CCCNc1ccc(C(=O)N2CCCC(O)C2)cc1C. The molecule has 1 amide bonds. The first-order valence-corrected chi connectivity index (χ1v) is 7.43. The third-order valence-electron chi connectivity index (χ3n) is 3.72. The second-order valence-electron chi connectivity index (χ2n) is 5.50. The maximum absolute atomic E-state index is 12.4. The number of β-amino-alcohol motifs (C(OH)–C–C–N with tert-alkyl or cyclic N) is 1. The smallest absolute Gasteiger partial charge is 0.253 e. The Hall–Kier alpha value is -1.55. The van der Waals surface area contributed by atoms with Crippen molar-refractivity contribution in [3.8, 4) is 0 Å². The fourth-order valence-corrected chi connectivity index (χ4v) is 2.58. The van der Waals surface area contributed by atoms with E-state index in [-0.39, 0.29) is 12.0 Å². The molecule has 1 saturated heterocycles. The van der Waals surface area contributed by atoms with Gasteiger partial charge in [-0.2, -0.15) is 0 Å². The summed E-state index contributed by atoms with van der Waals surface area (Å²) in [6.45, 7) is 6.27. The summed E-state index contributed by atoms with van der Waals surface area (Å²) in [5, 5.41) is 13.0. The number of benzene rings is 1. The fourth-order valence-electron chi connectivity index (χ4n) is 2.58. The van der Waals surface area contributed by atoms with Crippen LogP contribution in [-0.2, 0) is 0 Å². The zero-order chi connectivity index (χ0) is 14.5. The summed E-state index contributed by atoms with van der Waals surface area (Å²) in [4.78, 5) is 14.2. The summed E-state index contributed by atoms with van der Waals surface area (Å²) in [7, 11) is 0. The van der Waals surface area contributed by atoms with E-state index in [2.05, 4.69) is 12.2 Å². The molecule has 0 bridgehead atoms. The molecule has 1 aromatic carbocycles. The molecule has 4 nitrogen and oxygen atoms in total. The van der Waals surface area contributed by atoms with Gasteiger partial charge in [-0.15, -0.1) is 0 Å². The number of hydrogen-bond donors (Lipinski definition) is 2. The number of carbonyl (C=O) groups is 1. The summed E-state index contributed by atoms with van der Waals surface area (Å²) in [6.07, 6.45) is 2.37. The summed E-state index contributed by atoms with van der Waals surface area (Å²) in [6, 6.07) is 5.77. The van der Waals surface area contributed by atoms with Crippen LogP contribution in [0.1, 0.15) is 42.1 Å². The van der Waals surface area contributed by atoms with Crippen LogP contribution in [0.5, 0.6) is 0 Å². The topological polar surface area (TPSA) is 52.6 Å². The van der Waals surface area contributed by atoms with E-state index in [1.54, 1.807) is 4.90 Å². The maximum Gasteiger partial charge on any atom is 0.253 e. The summed E-state index contributed by atoms with van der Waals surface area (Å²) >= 11 is 0. The molecule has 1 atom stereocenters. The van der Waals surface area contributed by atoms with Gasteiger partial charge >= 0.3 is 0 Å². The van der Waals surface area contributed by atoms with E-state index in [1.165, 1.54) is 0 Å². The van der Waals surface area contributed by atoms with Gasteiger partial charge in [-0.3, -0.25) is 4.79 Å². The van der Waals surface area contributed by atoms with Crippen LogP contribution in [0.2, 0.25) is 0 Å². The third kappa shape index (κ3) is 3.51. The highest BCUT2D eigenvalue weighted by Gasteiger charge is 2.23. The number of aliphatic hydroxyl groups excluding tert-OH is 1. The van der Waals surface area contributed by atoms with Crippen LogP contribution in [-0.4, -0.2) is 41.7 Å². The lowest BCUT2D eigenvalue weighted by molar-refractivity contribution is 0.0473. The normalized spacial score (nSPS) is 18.9. The average Bonchev–Trinajstić information content (AvgIpc) is 2.45. The average molecular weight is 276 g/mol. The van der Waals surface area contributed by atoms with Gasteiger partial charge in [0.2, 0.25) is 0 Å². The molecule has 1 aliphatic heterocycles. The Morgan fingerprint density at radius 2 is 2.30 bits per heavy atom. The van der Waals surface area contributed by atoms with Crippen molar-refractivity contribution in [3.63, 3.8) is 0 Å². The highest BCUT2D eigenvalue weighted by molar-refractivity contribution is 5.95. The molecule has 0 saturated carbocycles. The predicted octanol–water partition coefficient (Wildman–Crippen LogP) is 2.41. The molecule has 0 aliphatic carbocycles. The van der Waals surface area contributed by atoms with E-state index in [9.17, 15) is 9.90 Å². The molecule has 1 unspecified atom stereocenters. The molecule has 0 spiro atoms. The van der Waals surface area contributed by atoms with Gasteiger partial charge < -0.3 is 15.3 Å².